The number of para-hydroxylation sites is 1. The van der Waals surface area contributed by atoms with E-state index in [4.69, 9.17) is 0 Å². The van der Waals surface area contributed by atoms with Crippen LogP contribution in [0.2, 0.25) is 0 Å². The molecule has 6 heteroatoms. The van der Waals surface area contributed by atoms with Crippen LogP contribution in [-0.4, -0.2) is 20.4 Å². The number of halogens is 1. The van der Waals surface area contributed by atoms with Crippen LogP contribution in [-0.2, 0) is 6.67 Å². The molecule has 0 aliphatic heterocycles. The summed E-state index contributed by atoms with van der Waals surface area (Å²) in [5.74, 6) is 1.24. The summed E-state index contributed by atoms with van der Waals surface area (Å²) in [4.78, 5) is 0. The highest BCUT2D eigenvalue weighted by Crippen LogP contribution is 2.29. The van der Waals surface area contributed by atoms with Gasteiger partial charge < -0.3 is 5.32 Å². The maximum atomic E-state index is 13.3. The molecular weight excluding hydrogens is 317 g/mol. The van der Waals surface area contributed by atoms with Crippen LogP contribution in [0.25, 0.3) is 22.0 Å². The van der Waals surface area contributed by atoms with Crippen molar-refractivity contribution in [2.24, 2.45) is 0 Å². The summed E-state index contributed by atoms with van der Waals surface area (Å²) < 4.78 is 13.3. The van der Waals surface area contributed by atoms with Crippen molar-refractivity contribution in [3.05, 3.63) is 65.9 Å². The van der Waals surface area contributed by atoms with Gasteiger partial charge in [-0.2, -0.15) is 10.2 Å². The number of alkyl halides is 1. The minimum absolute atomic E-state index is 0.523. The molecule has 2 heterocycles. The van der Waals surface area contributed by atoms with Crippen LogP contribution in [0.5, 0.6) is 0 Å². The van der Waals surface area contributed by atoms with E-state index in [1.165, 1.54) is 0 Å². The highest BCUT2D eigenvalue weighted by atomic mass is 19.1. The van der Waals surface area contributed by atoms with Crippen LogP contribution in [0.15, 0.2) is 54.6 Å². The molecule has 0 atom stereocenters. The zero-order chi connectivity index (χ0) is 17.2. The molecule has 5 nitrogen and oxygen atoms in total. The molecule has 4 rings (SSSR count). The summed E-state index contributed by atoms with van der Waals surface area (Å²) in [6.45, 7) is 1.34. The van der Waals surface area contributed by atoms with Crippen molar-refractivity contribution in [3.63, 3.8) is 0 Å². The topological polar surface area (TPSA) is 66.5 Å². The van der Waals surface area contributed by atoms with Gasteiger partial charge in [0.25, 0.3) is 0 Å². The molecule has 25 heavy (non-hydrogen) atoms. The van der Waals surface area contributed by atoms with Crippen molar-refractivity contribution in [1.82, 2.24) is 20.4 Å². The molecule has 0 fully saturated rings. The van der Waals surface area contributed by atoms with E-state index in [0.717, 1.165) is 27.7 Å². The quantitative estimate of drug-likeness (QED) is 0.575. The summed E-state index contributed by atoms with van der Waals surface area (Å²) in [6.07, 6.45) is 0. The fourth-order valence-corrected chi connectivity index (χ4v) is 2.87. The molecule has 2 N–H and O–H groups in total. The molecule has 2 aromatic carbocycles. The first-order chi connectivity index (χ1) is 12.3. The molecule has 4 aromatic rings. The van der Waals surface area contributed by atoms with Crippen LogP contribution in [0.3, 0.4) is 0 Å². The number of anilines is 2. The van der Waals surface area contributed by atoms with Crippen molar-refractivity contribution >= 4 is 22.5 Å². The fourth-order valence-electron chi connectivity index (χ4n) is 2.87. The van der Waals surface area contributed by atoms with Gasteiger partial charge in [-0.3, -0.25) is 5.10 Å². The van der Waals surface area contributed by atoms with E-state index in [-0.39, 0.29) is 0 Å². The number of rotatable bonds is 4. The molecule has 0 bridgehead atoms. The minimum Gasteiger partial charge on any atom is -0.321 e. The largest absolute Gasteiger partial charge is 0.321 e. The van der Waals surface area contributed by atoms with Gasteiger partial charge in [0, 0.05) is 10.9 Å². The van der Waals surface area contributed by atoms with E-state index in [0.29, 0.717) is 17.2 Å². The molecule has 0 amide bonds. The molecular formula is C19H16FN5. The van der Waals surface area contributed by atoms with Crippen molar-refractivity contribution in [3.8, 4) is 11.1 Å². The zero-order valence-corrected chi connectivity index (χ0v) is 13.6. The highest BCUT2D eigenvalue weighted by molar-refractivity contribution is 5.91. The summed E-state index contributed by atoms with van der Waals surface area (Å²) in [6, 6.07) is 17.1. The SMILES string of the molecule is Cc1nnc(Nc2n[nH]c3ccccc23)cc1-c1ccccc1CF. The standard InChI is InChI=1S/C19H16FN5/c1-12-16(14-7-3-2-6-13(14)11-20)10-18(24-22-12)21-19-15-8-4-5-9-17(15)23-25-19/h2-10H,11H2,1H3,(H2,21,23,24,25). The number of nitrogens with zero attached hydrogens (tertiary/aromatic N) is 3. The Hall–Kier alpha value is -3.28. The van der Waals surface area contributed by atoms with Crippen LogP contribution in [0, 0.1) is 6.92 Å². The lowest BCUT2D eigenvalue weighted by Gasteiger charge is -2.11. The number of hydrogen-bond acceptors (Lipinski definition) is 4. The number of H-pyrrole nitrogens is 1. The molecule has 0 saturated carbocycles. The smallest absolute Gasteiger partial charge is 0.161 e. The second kappa shape index (κ2) is 6.32. The molecule has 0 radical (unpaired) electrons. The van der Waals surface area contributed by atoms with E-state index in [2.05, 4.69) is 25.7 Å². The number of nitrogens with one attached hydrogen (secondary N) is 2. The lowest BCUT2D eigenvalue weighted by molar-refractivity contribution is 0.486. The summed E-state index contributed by atoms with van der Waals surface area (Å²) >= 11 is 0. The highest BCUT2D eigenvalue weighted by Gasteiger charge is 2.12. The van der Waals surface area contributed by atoms with Gasteiger partial charge in [0.05, 0.1) is 11.2 Å². The van der Waals surface area contributed by atoms with Gasteiger partial charge in [-0.05, 0) is 36.2 Å². The van der Waals surface area contributed by atoms with Crippen LogP contribution in [0.4, 0.5) is 16.0 Å². The summed E-state index contributed by atoms with van der Waals surface area (Å²) in [5.41, 5.74) is 4.00. The number of fused-ring (bicyclic) bond motifs is 1. The van der Waals surface area contributed by atoms with E-state index in [1.54, 1.807) is 6.07 Å². The van der Waals surface area contributed by atoms with E-state index < -0.39 is 6.67 Å². The summed E-state index contributed by atoms with van der Waals surface area (Å²) in [5, 5.41) is 19.8. The molecule has 0 saturated heterocycles. The monoisotopic (exact) mass is 333 g/mol. The molecule has 0 aliphatic rings. The van der Waals surface area contributed by atoms with Gasteiger partial charge in [-0.15, -0.1) is 5.10 Å². The first kappa shape index (κ1) is 15.3. The number of benzene rings is 2. The average Bonchev–Trinajstić information content (AvgIpc) is 3.06. The summed E-state index contributed by atoms with van der Waals surface area (Å²) in [7, 11) is 0. The number of aryl methyl sites for hydroxylation is 1. The number of aromatic nitrogens is 4. The van der Waals surface area contributed by atoms with Crippen molar-refractivity contribution in [1.29, 1.82) is 0 Å². The van der Waals surface area contributed by atoms with Crippen molar-refractivity contribution < 1.29 is 4.39 Å². The predicted molar refractivity (Wildman–Crippen MR) is 96.4 cm³/mol. The Balaban J connectivity index is 1.75. The predicted octanol–water partition coefficient (Wildman–Crippen LogP) is 4.54. The van der Waals surface area contributed by atoms with Gasteiger partial charge in [0.15, 0.2) is 11.6 Å². The molecule has 124 valence electrons. The molecule has 2 aromatic heterocycles. The Kier molecular flexibility index (Phi) is 3.85. The van der Waals surface area contributed by atoms with Crippen molar-refractivity contribution in [2.45, 2.75) is 13.6 Å². The third kappa shape index (κ3) is 2.82. The Labute approximate surface area is 143 Å². The Morgan fingerprint density at radius 1 is 1.00 bits per heavy atom. The maximum Gasteiger partial charge on any atom is 0.161 e. The van der Waals surface area contributed by atoms with Crippen molar-refractivity contribution in [2.75, 3.05) is 5.32 Å². The number of aromatic amines is 1. The van der Waals surface area contributed by atoms with E-state index in [1.807, 2.05) is 55.5 Å². The Morgan fingerprint density at radius 3 is 2.68 bits per heavy atom. The van der Waals surface area contributed by atoms with E-state index >= 15 is 0 Å². The lowest BCUT2D eigenvalue weighted by atomic mass is 10.00. The Morgan fingerprint density at radius 2 is 1.80 bits per heavy atom. The van der Waals surface area contributed by atoms with Gasteiger partial charge in [0.2, 0.25) is 0 Å². The fraction of sp³-hybridized carbons (Fsp3) is 0.105. The first-order valence-electron chi connectivity index (χ1n) is 7.95. The minimum atomic E-state index is -0.523. The van der Waals surface area contributed by atoms with Crippen LogP contribution < -0.4 is 5.32 Å². The van der Waals surface area contributed by atoms with Crippen LogP contribution in [0.1, 0.15) is 11.3 Å². The number of hydrogen-bond donors (Lipinski definition) is 2. The van der Waals surface area contributed by atoms with E-state index in [9.17, 15) is 4.39 Å². The van der Waals surface area contributed by atoms with Gasteiger partial charge in [-0.25, -0.2) is 4.39 Å². The van der Waals surface area contributed by atoms with Gasteiger partial charge >= 0.3 is 0 Å². The third-order valence-electron chi connectivity index (χ3n) is 4.15. The van der Waals surface area contributed by atoms with Gasteiger partial charge in [0.1, 0.15) is 6.67 Å². The second-order valence-electron chi connectivity index (χ2n) is 5.76. The third-order valence-corrected chi connectivity index (χ3v) is 4.15. The van der Waals surface area contributed by atoms with Crippen LogP contribution >= 0.6 is 0 Å². The van der Waals surface area contributed by atoms with Gasteiger partial charge in [-0.1, -0.05) is 36.4 Å². The Bertz CT molecular complexity index is 1040. The average molecular weight is 333 g/mol. The second-order valence-corrected chi connectivity index (χ2v) is 5.76. The first-order valence-corrected chi connectivity index (χ1v) is 7.95. The lowest BCUT2D eigenvalue weighted by Crippen LogP contribution is -2.00. The molecule has 0 unspecified atom stereocenters. The molecule has 0 spiro atoms. The normalized spacial score (nSPS) is 11.0. The maximum absolute atomic E-state index is 13.3. The molecule has 0 aliphatic carbocycles. The zero-order valence-electron chi connectivity index (χ0n) is 13.6.